The Kier molecular flexibility index (Phi) is 8.93. The SMILES string of the molecule is C[N+]1(CCCCCC[N+]2(C)CC[N+](C)(Cc3ccccc3)CC2)CC[N+](C)(Cc2ccccc2)CC1. The lowest BCUT2D eigenvalue weighted by atomic mass is 10.1. The van der Waals surface area contributed by atoms with E-state index in [0.29, 0.717) is 0 Å². The number of benzene rings is 2. The van der Waals surface area contributed by atoms with Crippen LogP contribution >= 0.6 is 0 Å². The van der Waals surface area contributed by atoms with Crippen LogP contribution in [-0.4, -0.2) is 112 Å². The summed E-state index contributed by atoms with van der Waals surface area (Å²) in [6.45, 7) is 15.7. The van der Waals surface area contributed by atoms with Crippen LogP contribution in [0.15, 0.2) is 60.7 Å². The number of unbranched alkanes of at least 4 members (excludes halogenated alkanes) is 3. The summed E-state index contributed by atoms with van der Waals surface area (Å²) in [5, 5.41) is 0. The maximum atomic E-state index is 2.51. The highest BCUT2D eigenvalue weighted by atomic mass is 15.5. The predicted molar refractivity (Wildman–Crippen MR) is 152 cm³/mol. The van der Waals surface area contributed by atoms with Gasteiger partial charge in [0.1, 0.15) is 65.4 Å². The number of hydrogen-bond donors (Lipinski definition) is 0. The molecule has 2 aromatic rings. The fourth-order valence-corrected chi connectivity index (χ4v) is 6.53. The summed E-state index contributed by atoms with van der Waals surface area (Å²) in [4.78, 5) is 0. The van der Waals surface area contributed by atoms with Gasteiger partial charge >= 0.3 is 0 Å². The molecule has 0 spiro atoms. The van der Waals surface area contributed by atoms with E-state index in [4.69, 9.17) is 0 Å². The Morgan fingerprint density at radius 3 is 1.06 bits per heavy atom. The molecule has 4 rings (SSSR count). The first-order valence-electron chi connectivity index (χ1n) is 14.6. The quantitative estimate of drug-likeness (QED) is 0.312. The van der Waals surface area contributed by atoms with Crippen molar-refractivity contribution >= 4 is 0 Å². The number of likely N-dealkylation sites (N-methyl/N-ethyl adjacent to an activating group) is 4. The lowest BCUT2D eigenvalue weighted by Gasteiger charge is -2.46. The van der Waals surface area contributed by atoms with Crippen LogP contribution in [0.1, 0.15) is 36.8 Å². The van der Waals surface area contributed by atoms with Gasteiger partial charge in [0.25, 0.3) is 0 Å². The standard InChI is InChI=1S/C32H54N4/c1-33(21-25-35(3,26-22-33)29-31-15-9-7-10-16-31)19-13-5-6-14-20-34(2)23-27-36(4,28-24-34)30-32-17-11-8-12-18-32/h7-12,15-18H,5-6,13-14,19-30H2,1-4H3/q+4. The molecule has 0 radical (unpaired) electrons. The van der Waals surface area contributed by atoms with E-state index >= 15 is 0 Å². The van der Waals surface area contributed by atoms with E-state index in [1.165, 1.54) is 133 Å². The van der Waals surface area contributed by atoms with Crippen molar-refractivity contribution in [2.45, 2.75) is 38.8 Å². The van der Waals surface area contributed by atoms with E-state index < -0.39 is 0 Å². The first-order valence-corrected chi connectivity index (χ1v) is 14.6. The molecule has 2 aliphatic heterocycles. The first kappa shape index (κ1) is 27.3. The molecule has 2 heterocycles. The number of quaternary nitrogens is 4. The highest BCUT2D eigenvalue weighted by molar-refractivity contribution is 5.14. The van der Waals surface area contributed by atoms with Crippen molar-refractivity contribution in [1.29, 1.82) is 0 Å². The molecule has 0 N–H and O–H groups in total. The van der Waals surface area contributed by atoms with Gasteiger partial charge in [-0.05, 0) is 25.7 Å². The molecular weight excluding hydrogens is 440 g/mol. The van der Waals surface area contributed by atoms with Crippen molar-refractivity contribution in [2.75, 3.05) is 93.6 Å². The fraction of sp³-hybridized carbons (Fsp3) is 0.625. The summed E-state index contributed by atoms with van der Waals surface area (Å²) < 4.78 is 4.98. The molecule has 2 saturated heterocycles. The second-order valence-corrected chi connectivity index (χ2v) is 13.4. The fourth-order valence-electron chi connectivity index (χ4n) is 6.53. The van der Waals surface area contributed by atoms with E-state index in [1.807, 2.05) is 0 Å². The molecule has 198 valence electrons. The lowest BCUT2D eigenvalue weighted by molar-refractivity contribution is -1.02. The van der Waals surface area contributed by atoms with Gasteiger partial charge in [0, 0.05) is 11.1 Å². The zero-order chi connectivity index (χ0) is 25.5. The third-order valence-electron chi connectivity index (χ3n) is 9.68. The second kappa shape index (κ2) is 11.8. The van der Waals surface area contributed by atoms with E-state index in [2.05, 4.69) is 88.9 Å². The van der Waals surface area contributed by atoms with Gasteiger partial charge in [-0.1, -0.05) is 60.7 Å². The summed E-state index contributed by atoms with van der Waals surface area (Å²) in [5.41, 5.74) is 2.97. The molecule has 0 saturated carbocycles. The minimum Gasteiger partial charge on any atom is -0.317 e. The van der Waals surface area contributed by atoms with Crippen molar-refractivity contribution in [3.8, 4) is 0 Å². The molecule has 2 aliphatic rings. The Bertz CT molecular complexity index is 832. The lowest BCUT2D eigenvalue weighted by Crippen LogP contribution is -2.63. The zero-order valence-electron chi connectivity index (χ0n) is 23.9. The minimum atomic E-state index is 1.18. The molecule has 0 unspecified atom stereocenters. The molecule has 2 fully saturated rings. The molecule has 4 nitrogen and oxygen atoms in total. The van der Waals surface area contributed by atoms with Gasteiger partial charge in [-0.2, -0.15) is 0 Å². The third kappa shape index (κ3) is 7.89. The van der Waals surface area contributed by atoms with E-state index in [9.17, 15) is 0 Å². The number of nitrogens with zero attached hydrogens (tertiary/aromatic N) is 4. The number of hydrogen-bond acceptors (Lipinski definition) is 0. The van der Waals surface area contributed by atoms with Gasteiger partial charge in [0.15, 0.2) is 0 Å². The molecule has 36 heavy (non-hydrogen) atoms. The second-order valence-electron chi connectivity index (χ2n) is 13.4. The van der Waals surface area contributed by atoms with Gasteiger partial charge in [-0.3, -0.25) is 0 Å². The van der Waals surface area contributed by atoms with E-state index in [1.54, 1.807) is 0 Å². The normalized spacial score (nSPS) is 32.9. The summed E-state index contributed by atoms with van der Waals surface area (Å²) >= 11 is 0. The van der Waals surface area contributed by atoms with Crippen LogP contribution in [0.5, 0.6) is 0 Å². The Morgan fingerprint density at radius 1 is 0.417 bits per heavy atom. The average Bonchev–Trinajstić information content (AvgIpc) is 2.87. The molecule has 4 heteroatoms. The summed E-state index contributed by atoms with van der Waals surface area (Å²) in [7, 11) is 9.95. The predicted octanol–water partition coefficient (Wildman–Crippen LogP) is 4.76. The van der Waals surface area contributed by atoms with Gasteiger partial charge in [-0.25, -0.2) is 0 Å². The highest BCUT2D eigenvalue weighted by Crippen LogP contribution is 2.22. The van der Waals surface area contributed by atoms with Crippen molar-refractivity contribution in [2.24, 2.45) is 0 Å². The van der Waals surface area contributed by atoms with Gasteiger partial charge in [0.2, 0.25) is 0 Å². The Labute approximate surface area is 222 Å². The zero-order valence-corrected chi connectivity index (χ0v) is 23.9. The molecule has 0 amide bonds. The Morgan fingerprint density at radius 2 is 0.722 bits per heavy atom. The van der Waals surface area contributed by atoms with Crippen LogP contribution in [0, 0.1) is 0 Å². The summed E-state index contributed by atoms with van der Waals surface area (Å²) in [6, 6.07) is 22.2. The van der Waals surface area contributed by atoms with Gasteiger partial charge < -0.3 is 17.9 Å². The molecule has 0 aromatic heterocycles. The molecule has 2 aromatic carbocycles. The molecule has 0 atom stereocenters. The van der Waals surface area contributed by atoms with Crippen molar-refractivity contribution in [3.63, 3.8) is 0 Å². The molecular formula is C32H54N4+4. The van der Waals surface area contributed by atoms with Crippen LogP contribution in [0.25, 0.3) is 0 Å². The smallest absolute Gasteiger partial charge is 0.129 e. The molecule has 0 aliphatic carbocycles. The Balaban J connectivity index is 1.10. The minimum absolute atomic E-state index is 1.18. The van der Waals surface area contributed by atoms with E-state index in [-0.39, 0.29) is 0 Å². The van der Waals surface area contributed by atoms with Crippen molar-refractivity contribution in [3.05, 3.63) is 71.8 Å². The van der Waals surface area contributed by atoms with Crippen LogP contribution in [0.4, 0.5) is 0 Å². The maximum absolute atomic E-state index is 2.51. The maximum Gasteiger partial charge on any atom is 0.129 e. The van der Waals surface area contributed by atoms with Crippen LogP contribution < -0.4 is 0 Å². The number of piperazine rings is 2. The average molecular weight is 495 g/mol. The highest BCUT2D eigenvalue weighted by Gasteiger charge is 2.38. The van der Waals surface area contributed by atoms with Gasteiger partial charge in [0.05, 0.1) is 41.3 Å². The van der Waals surface area contributed by atoms with Crippen LogP contribution in [0.2, 0.25) is 0 Å². The van der Waals surface area contributed by atoms with E-state index in [0.717, 1.165) is 0 Å². The third-order valence-corrected chi connectivity index (χ3v) is 9.68. The topological polar surface area (TPSA) is 0 Å². The molecule has 0 bridgehead atoms. The first-order chi connectivity index (χ1) is 17.2. The number of rotatable bonds is 11. The largest absolute Gasteiger partial charge is 0.317 e. The summed E-state index contributed by atoms with van der Waals surface area (Å²) in [5.74, 6) is 0. The van der Waals surface area contributed by atoms with Gasteiger partial charge in [-0.15, -0.1) is 0 Å². The monoisotopic (exact) mass is 494 g/mol. The summed E-state index contributed by atoms with van der Waals surface area (Å²) in [6.07, 6.45) is 5.61. The Hall–Kier alpha value is -1.72. The van der Waals surface area contributed by atoms with Crippen LogP contribution in [0.3, 0.4) is 0 Å². The van der Waals surface area contributed by atoms with Crippen LogP contribution in [-0.2, 0) is 13.1 Å². The van der Waals surface area contributed by atoms with Crippen molar-refractivity contribution < 1.29 is 17.9 Å². The van der Waals surface area contributed by atoms with Crippen molar-refractivity contribution in [1.82, 2.24) is 0 Å².